The first-order valence-corrected chi connectivity index (χ1v) is 38.4. The van der Waals surface area contributed by atoms with Crippen LogP contribution in [0.5, 0.6) is 0 Å². The van der Waals surface area contributed by atoms with E-state index in [1.807, 2.05) is 21.1 Å². The summed E-state index contributed by atoms with van der Waals surface area (Å²) in [7, 11) is 5.94. The average Bonchev–Trinajstić information content (AvgIpc) is 3.46. The quantitative estimate of drug-likeness (QED) is 0.0195. The molecule has 0 spiro atoms. The maximum atomic E-state index is 13.0. The lowest BCUT2D eigenvalue weighted by molar-refractivity contribution is -0.870. The Labute approximate surface area is 562 Å². The smallest absolute Gasteiger partial charge is 0.306 e. The minimum absolute atomic E-state index is 0.147. The molecule has 9 heteroatoms. The molecular formula is C82H145NO8. The van der Waals surface area contributed by atoms with Crippen LogP contribution in [0.15, 0.2) is 97.2 Å². The summed E-state index contributed by atoms with van der Waals surface area (Å²) in [6.07, 6.45) is 96.7. The van der Waals surface area contributed by atoms with Crippen LogP contribution in [0.1, 0.15) is 348 Å². The highest BCUT2D eigenvalue weighted by atomic mass is 16.7. The summed E-state index contributed by atoms with van der Waals surface area (Å²) in [6, 6.07) is 0. The van der Waals surface area contributed by atoms with E-state index in [1.165, 1.54) is 231 Å². The SMILES string of the molecule is CC/C=C\C/C=C\C/C=C\C/C=C\CCCCCCCCCCCCCCCCCCCCCCCCCCCCC(=O)OC(COC(=O)CCCCCCCCCCCCCCCC/C=C\C/C=C\C/C=C\C/C=C\CC)COC(OCC[N+](C)(C)C)C(=O)[O-]. The van der Waals surface area contributed by atoms with Crippen molar-refractivity contribution in [1.82, 2.24) is 0 Å². The number of esters is 2. The van der Waals surface area contributed by atoms with Crippen LogP contribution >= 0.6 is 0 Å². The first-order valence-electron chi connectivity index (χ1n) is 38.4. The molecule has 9 nitrogen and oxygen atoms in total. The Hall–Kier alpha value is -3.79. The minimum Gasteiger partial charge on any atom is -0.545 e. The number of carboxylic acid groups (broad SMARTS) is 1. The monoisotopic (exact) mass is 1270 g/mol. The van der Waals surface area contributed by atoms with Gasteiger partial charge in [0.2, 0.25) is 0 Å². The number of carboxylic acids is 1. The van der Waals surface area contributed by atoms with Gasteiger partial charge in [-0.3, -0.25) is 9.59 Å². The van der Waals surface area contributed by atoms with Crippen molar-refractivity contribution in [2.75, 3.05) is 47.5 Å². The number of hydrogen-bond acceptors (Lipinski definition) is 8. The van der Waals surface area contributed by atoms with E-state index >= 15 is 0 Å². The number of nitrogens with zero attached hydrogens (tertiary/aromatic N) is 1. The molecule has 2 atom stereocenters. The van der Waals surface area contributed by atoms with Crippen LogP contribution in [0, 0.1) is 0 Å². The second-order valence-corrected chi connectivity index (χ2v) is 26.9. The molecule has 0 bridgehead atoms. The van der Waals surface area contributed by atoms with Crippen molar-refractivity contribution < 1.29 is 42.9 Å². The molecule has 0 fully saturated rings. The Morgan fingerprint density at radius 3 is 0.879 bits per heavy atom. The van der Waals surface area contributed by atoms with Gasteiger partial charge in [0.15, 0.2) is 12.4 Å². The topological polar surface area (TPSA) is 111 Å². The zero-order valence-corrected chi connectivity index (χ0v) is 60.2. The van der Waals surface area contributed by atoms with Gasteiger partial charge in [-0.05, 0) is 89.9 Å². The fourth-order valence-corrected chi connectivity index (χ4v) is 11.1. The minimum atomic E-state index is -1.62. The maximum absolute atomic E-state index is 13.0. The average molecular weight is 1270 g/mol. The fourth-order valence-electron chi connectivity index (χ4n) is 11.1. The predicted octanol–water partition coefficient (Wildman–Crippen LogP) is 23.0. The summed E-state index contributed by atoms with van der Waals surface area (Å²) in [5.41, 5.74) is 0. The third-order valence-electron chi connectivity index (χ3n) is 16.8. The molecule has 0 aliphatic carbocycles. The normalized spacial score (nSPS) is 13.2. The van der Waals surface area contributed by atoms with Crippen molar-refractivity contribution in [2.24, 2.45) is 0 Å². The lowest BCUT2D eigenvalue weighted by Crippen LogP contribution is -2.44. The number of likely N-dealkylation sites (N-methyl/N-ethyl adjacent to an activating group) is 1. The second kappa shape index (κ2) is 72.0. The van der Waals surface area contributed by atoms with Gasteiger partial charge in [-0.15, -0.1) is 0 Å². The van der Waals surface area contributed by atoms with Crippen LogP contribution in [0.4, 0.5) is 0 Å². The van der Waals surface area contributed by atoms with Gasteiger partial charge >= 0.3 is 11.9 Å². The Morgan fingerprint density at radius 2 is 0.593 bits per heavy atom. The van der Waals surface area contributed by atoms with Gasteiger partial charge < -0.3 is 33.3 Å². The third kappa shape index (κ3) is 73.5. The first-order chi connectivity index (χ1) is 44.6. The van der Waals surface area contributed by atoms with Crippen molar-refractivity contribution in [3.63, 3.8) is 0 Å². The number of carbonyl (C=O) groups is 3. The molecular weight excluding hydrogens is 1130 g/mol. The van der Waals surface area contributed by atoms with E-state index in [0.717, 1.165) is 83.5 Å². The molecule has 0 saturated heterocycles. The molecule has 0 rings (SSSR count). The molecule has 526 valence electrons. The molecule has 0 saturated carbocycles. The second-order valence-electron chi connectivity index (χ2n) is 26.9. The fraction of sp³-hybridized carbons (Fsp3) is 0.768. The molecule has 0 aromatic heterocycles. The zero-order valence-electron chi connectivity index (χ0n) is 60.2. The van der Waals surface area contributed by atoms with Crippen LogP contribution in [0.2, 0.25) is 0 Å². The highest BCUT2D eigenvalue weighted by Gasteiger charge is 2.22. The number of rotatable bonds is 71. The van der Waals surface area contributed by atoms with Crippen LogP contribution in [-0.2, 0) is 33.3 Å². The number of quaternary nitrogens is 1. The molecule has 0 heterocycles. The lowest BCUT2D eigenvalue weighted by Gasteiger charge is -2.26. The van der Waals surface area contributed by atoms with Crippen LogP contribution in [-0.4, -0.2) is 82.3 Å². The molecule has 0 aromatic rings. The first kappa shape index (κ1) is 87.2. The maximum Gasteiger partial charge on any atom is 0.306 e. The molecule has 0 N–H and O–H groups in total. The van der Waals surface area contributed by atoms with Crippen LogP contribution < -0.4 is 5.11 Å². The summed E-state index contributed by atoms with van der Waals surface area (Å²) < 4.78 is 22.9. The Kier molecular flexibility index (Phi) is 69.0. The van der Waals surface area contributed by atoms with Gasteiger partial charge in [-0.25, -0.2) is 0 Å². The van der Waals surface area contributed by atoms with Crippen LogP contribution in [0.3, 0.4) is 0 Å². The largest absolute Gasteiger partial charge is 0.545 e. The molecule has 0 radical (unpaired) electrons. The van der Waals surface area contributed by atoms with Gasteiger partial charge in [0.25, 0.3) is 0 Å². The van der Waals surface area contributed by atoms with E-state index < -0.39 is 24.3 Å². The zero-order chi connectivity index (χ0) is 66.1. The van der Waals surface area contributed by atoms with E-state index in [9.17, 15) is 19.5 Å². The van der Waals surface area contributed by atoms with Crippen molar-refractivity contribution >= 4 is 17.9 Å². The Balaban J connectivity index is 3.99. The number of carbonyl (C=O) groups excluding carboxylic acids is 3. The van der Waals surface area contributed by atoms with Gasteiger partial charge in [-0.1, -0.05) is 342 Å². The van der Waals surface area contributed by atoms with Gasteiger partial charge in [-0.2, -0.15) is 0 Å². The molecule has 0 aliphatic rings. The third-order valence-corrected chi connectivity index (χ3v) is 16.8. The summed E-state index contributed by atoms with van der Waals surface area (Å²) in [5.74, 6) is -2.26. The van der Waals surface area contributed by atoms with Gasteiger partial charge in [0.05, 0.1) is 40.3 Å². The number of hydrogen-bond donors (Lipinski definition) is 0. The van der Waals surface area contributed by atoms with Crippen molar-refractivity contribution in [1.29, 1.82) is 0 Å². The predicted molar refractivity (Wildman–Crippen MR) is 389 cm³/mol. The standard InChI is InChI=1S/C82H145NO8/c1-6-8-10-12-14-16-18-20-22-24-26-28-30-32-34-35-36-37-38-39-40-41-42-43-44-45-47-49-51-53-55-57-59-61-63-65-67-69-71-73-80(85)91-78(77-90-82(81(86)87)88-75-74-83(3,4)5)76-89-79(84)72-70-68-66-64-62-60-58-56-54-52-50-48-46-33-31-29-27-25-23-21-19-17-15-13-11-9-7-2/h8-11,14-17,20-23,26-29,78,82H,6-7,12-13,18-19,24-25,30-77H2,1-5H3/b10-8-,11-9-,16-14-,17-15-,22-20-,23-21-,28-26-,29-27-. The Bertz CT molecular complexity index is 1820. The van der Waals surface area contributed by atoms with E-state index in [1.54, 1.807) is 0 Å². The summed E-state index contributed by atoms with van der Waals surface area (Å²) in [4.78, 5) is 37.6. The van der Waals surface area contributed by atoms with E-state index in [0.29, 0.717) is 23.9 Å². The lowest BCUT2D eigenvalue weighted by atomic mass is 10.0. The summed E-state index contributed by atoms with van der Waals surface area (Å²) >= 11 is 0. The number of ether oxygens (including phenoxy) is 4. The van der Waals surface area contributed by atoms with E-state index in [2.05, 4.69) is 111 Å². The Morgan fingerprint density at radius 1 is 0.330 bits per heavy atom. The van der Waals surface area contributed by atoms with Crippen molar-refractivity contribution in [3.8, 4) is 0 Å². The molecule has 91 heavy (non-hydrogen) atoms. The highest BCUT2D eigenvalue weighted by Crippen LogP contribution is 2.19. The van der Waals surface area contributed by atoms with E-state index in [4.69, 9.17) is 18.9 Å². The van der Waals surface area contributed by atoms with E-state index in [-0.39, 0.29) is 32.2 Å². The molecule has 0 aromatic carbocycles. The van der Waals surface area contributed by atoms with Crippen molar-refractivity contribution in [3.05, 3.63) is 97.2 Å². The number of allylic oxidation sites excluding steroid dienone is 16. The number of unbranched alkanes of at least 4 members (excludes halogenated alkanes) is 40. The van der Waals surface area contributed by atoms with Gasteiger partial charge in [0.1, 0.15) is 13.2 Å². The molecule has 2 unspecified atom stereocenters. The molecule has 0 aliphatic heterocycles. The number of aliphatic carboxylic acids is 1. The highest BCUT2D eigenvalue weighted by molar-refractivity contribution is 5.70. The van der Waals surface area contributed by atoms with Crippen molar-refractivity contribution in [2.45, 2.75) is 360 Å². The van der Waals surface area contributed by atoms with Gasteiger partial charge in [0, 0.05) is 12.8 Å². The molecule has 0 amide bonds. The summed E-state index contributed by atoms with van der Waals surface area (Å²) in [6.45, 7) is 4.57. The summed E-state index contributed by atoms with van der Waals surface area (Å²) in [5, 5.41) is 11.8. The van der Waals surface area contributed by atoms with Crippen LogP contribution in [0.25, 0.3) is 0 Å².